The van der Waals surface area contributed by atoms with E-state index in [-0.39, 0.29) is 13.2 Å². The van der Waals surface area contributed by atoms with Gasteiger partial charge in [0.1, 0.15) is 13.2 Å². The normalized spacial score (nSPS) is 9.60. The van der Waals surface area contributed by atoms with Gasteiger partial charge in [0.25, 0.3) is 0 Å². The van der Waals surface area contributed by atoms with Crippen LogP contribution in [0, 0.1) is 0 Å². The standard InChI is InChI=1S/C9H11NO5/c1-2-7(11)3-4-8(12)14-5-6-15-9(10)13/h2-4H,1,5-6H2,(H2,10,13). The van der Waals surface area contributed by atoms with Crippen molar-refractivity contribution in [1.82, 2.24) is 0 Å². The van der Waals surface area contributed by atoms with Gasteiger partial charge < -0.3 is 15.2 Å². The maximum atomic E-state index is 10.8. The molecule has 0 heterocycles. The minimum absolute atomic E-state index is 0.117. The van der Waals surface area contributed by atoms with Crippen LogP contribution in [0.1, 0.15) is 0 Å². The van der Waals surface area contributed by atoms with E-state index in [1.54, 1.807) is 0 Å². The molecule has 0 unspecified atom stereocenters. The highest BCUT2D eigenvalue weighted by atomic mass is 16.6. The number of esters is 1. The fourth-order valence-corrected chi connectivity index (χ4v) is 0.551. The number of nitrogens with two attached hydrogens (primary N) is 1. The second-order valence-corrected chi connectivity index (χ2v) is 2.27. The molecule has 0 rings (SSSR count). The van der Waals surface area contributed by atoms with Gasteiger partial charge in [-0.05, 0) is 12.2 Å². The Kier molecular flexibility index (Phi) is 6.28. The van der Waals surface area contributed by atoms with Crippen molar-refractivity contribution in [2.24, 2.45) is 5.73 Å². The van der Waals surface area contributed by atoms with Crippen LogP contribution in [0.15, 0.2) is 24.8 Å². The fraction of sp³-hybridized carbons (Fsp3) is 0.222. The van der Waals surface area contributed by atoms with Crippen LogP contribution in [0.25, 0.3) is 0 Å². The molecule has 0 saturated heterocycles. The van der Waals surface area contributed by atoms with Crippen LogP contribution in [0.5, 0.6) is 0 Å². The lowest BCUT2D eigenvalue weighted by Gasteiger charge is -2.01. The molecular weight excluding hydrogens is 202 g/mol. The predicted octanol–water partition coefficient (Wildman–Crippen LogP) is -0.0638. The first-order chi connectivity index (χ1) is 7.06. The lowest BCUT2D eigenvalue weighted by Crippen LogP contribution is -2.17. The Morgan fingerprint density at radius 3 is 2.27 bits per heavy atom. The number of hydrogen-bond acceptors (Lipinski definition) is 5. The van der Waals surface area contributed by atoms with E-state index in [0.29, 0.717) is 0 Å². The molecule has 6 nitrogen and oxygen atoms in total. The van der Waals surface area contributed by atoms with Gasteiger partial charge in [0.15, 0.2) is 5.78 Å². The van der Waals surface area contributed by atoms with Gasteiger partial charge in [-0.25, -0.2) is 9.59 Å². The number of carbonyl (C=O) groups excluding carboxylic acids is 3. The number of hydrogen-bond donors (Lipinski definition) is 1. The molecule has 0 spiro atoms. The largest absolute Gasteiger partial charge is 0.459 e. The van der Waals surface area contributed by atoms with Crippen molar-refractivity contribution in [1.29, 1.82) is 0 Å². The number of carbonyl (C=O) groups is 3. The molecule has 0 aromatic rings. The van der Waals surface area contributed by atoms with Crippen LogP contribution in [0.3, 0.4) is 0 Å². The predicted molar refractivity (Wildman–Crippen MR) is 50.8 cm³/mol. The Hall–Kier alpha value is -2.11. The number of amides is 1. The second kappa shape index (κ2) is 7.31. The van der Waals surface area contributed by atoms with E-state index in [4.69, 9.17) is 0 Å². The van der Waals surface area contributed by atoms with Crippen LogP contribution >= 0.6 is 0 Å². The van der Waals surface area contributed by atoms with E-state index in [1.807, 2.05) is 0 Å². The molecule has 0 aromatic heterocycles. The van der Waals surface area contributed by atoms with Gasteiger partial charge in [0.05, 0.1) is 0 Å². The molecule has 2 N–H and O–H groups in total. The highest BCUT2D eigenvalue weighted by Gasteiger charge is 1.99. The maximum Gasteiger partial charge on any atom is 0.404 e. The monoisotopic (exact) mass is 213 g/mol. The first kappa shape index (κ1) is 12.9. The van der Waals surface area contributed by atoms with Crippen molar-refractivity contribution < 1.29 is 23.9 Å². The Balaban J connectivity index is 3.66. The highest BCUT2D eigenvalue weighted by molar-refractivity contribution is 6.02. The van der Waals surface area contributed by atoms with Crippen molar-refractivity contribution in [3.63, 3.8) is 0 Å². The molecule has 0 bridgehead atoms. The average Bonchev–Trinajstić information content (AvgIpc) is 2.20. The Morgan fingerprint density at radius 2 is 1.73 bits per heavy atom. The quantitative estimate of drug-likeness (QED) is 0.378. The summed E-state index contributed by atoms with van der Waals surface area (Å²) in [4.78, 5) is 31.6. The summed E-state index contributed by atoms with van der Waals surface area (Å²) in [5.41, 5.74) is 4.65. The van der Waals surface area contributed by atoms with Crippen LogP contribution in [-0.4, -0.2) is 31.1 Å². The van der Waals surface area contributed by atoms with E-state index in [1.165, 1.54) is 0 Å². The molecule has 0 aliphatic heterocycles. The number of primary amides is 1. The summed E-state index contributed by atoms with van der Waals surface area (Å²) in [6.45, 7) is 2.97. The zero-order chi connectivity index (χ0) is 11.7. The van der Waals surface area contributed by atoms with E-state index in [0.717, 1.165) is 18.2 Å². The molecule has 1 amide bonds. The Morgan fingerprint density at radius 1 is 1.13 bits per heavy atom. The minimum atomic E-state index is -0.941. The molecule has 6 heteroatoms. The van der Waals surface area contributed by atoms with Gasteiger partial charge in [0, 0.05) is 6.08 Å². The topological polar surface area (TPSA) is 95.7 Å². The summed E-state index contributed by atoms with van der Waals surface area (Å²) >= 11 is 0. The smallest absolute Gasteiger partial charge is 0.404 e. The van der Waals surface area contributed by atoms with Crippen molar-refractivity contribution >= 4 is 17.8 Å². The summed E-state index contributed by atoms with van der Waals surface area (Å²) in [7, 11) is 0. The summed E-state index contributed by atoms with van der Waals surface area (Å²) in [6, 6.07) is 0. The third-order valence-electron chi connectivity index (χ3n) is 1.16. The molecular formula is C9H11NO5. The number of ketones is 1. The van der Waals surface area contributed by atoms with Gasteiger partial charge >= 0.3 is 12.1 Å². The van der Waals surface area contributed by atoms with E-state index in [9.17, 15) is 14.4 Å². The van der Waals surface area contributed by atoms with Crippen LogP contribution < -0.4 is 5.73 Å². The molecule has 0 aliphatic carbocycles. The van der Waals surface area contributed by atoms with E-state index >= 15 is 0 Å². The van der Waals surface area contributed by atoms with Crippen molar-refractivity contribution in [2.75, 3.05) is 13.2 Å². The van der Waals surface area contributed by atoms with Crippen LogP contribution in [0.4, 0.5) is 4.79 Å². The minimum Gasteiger partial charge on any atom is -0.459 e. The number of rotatable bonds is 6. The summed E-state index contributed by atoms with van der Waals surface area (Å²) in [5, 5.41) is 0. The molecule has 0 aromatic carbocycles. The number of allylic oxidation sites excluding steroid dienone is 2. The van der Waals surface area contributed by atoms with Gasteiger partial charge in [-0.1, -0.05) is 6.58 Å². The van der Waals surface area contributed by atoms with E-state index < -0.39 is 17.8 Å². The molecule has 0 radical (unpaired) electrons. The maximum absolute atomic E-state index is 10.8. The summed E-state index contributed by atoms with van der Waals surface area (Å²) < 4.78 is 8.84. The zero-order valence-electron chi connectivity index (χ0n) is 7.97. The van der Waals surface area contributed by atoms with Gasteiger partial charge in [-0.2, -0.15) is 0 Å². The fourth-order valence-electron chi connectivity index (χ4n) is 0.551. The molecule has 0 aliphatic rings. The van der Waals surface area contributed by atoms with Gasteiger partial charge in [0.2, 0.25) is 0 Å². The van der Waals surface area contributed by atoms with Crippen LogP contribution in [-0.2, 0) is 19.1 Å². The van der Waals surface area contributed by atoms with Crippen LogP contribution in [0.2, 0.25) is 0 Å². The van der Waals surface area contributed by atoms with Gasteiger partial charge in [-0.3, -0.25) is 4.79 Å². The van der Waals surface area contributed by atoms with Crippen molar-refractivity contribution in [3.8, 4) is 0 Å². The van der Waals surface area contributed by atoms with Crippen molar-refractivity contribution in [2.45, 2.75) is 0 Å². The zero-order valence-corrected chi connectivity index (χ0v) is 7.97. The van der Waals surface area contributed by atoms with Gasteiger partial charge in [-0.15, -0.1) is 0 Å². The molecule has 0 saturated carbocycles. The number of ether oxygens (including phenoxy) is 2. The Bertz CT molecular complexity index is 295. The molecule has 82 valence electrons. The van der Waals surface area contributed by atoms with E-state index in [2.05, 4.69) is 21.8 Å². The average molecular weight is 213 g/mol. The Labute approximate surface area is 86.3 Å². The second-order valence-electron chi connectivity index (χ2n) is 2.27. The molecule has 0 fully saturated rings. The first-order valence-corrected chi connectivity index (χ1v) is 3.99. The lowest BCUT2D eigenvalue weighted by atomic mass is 10.3. The molecule has 15 heavy (non-hydrogen) atoms. The van der Waals surface area contributed by atoms with Crippen molar-refractivity contribution in [3.05, 3.63) is 24.8 Å². The lowest BCUT2D eigenvalue weighted by molar-refractivity contribution is -0.138. The highest BCUT2D eigenvalue weighted by Crippen LogP contribution is 1.85. The third-order valence-corrected chi connectivity index (χ3v) is 1.16. The molecule has 0 atom stereocenters. The summed E-state index contributed by atoms with van der Waals surface area (Å²) in [6.07, 6.45) is 2.09. The first-order valence-electron chi connectivity index (χ1n) is 3.99. The summed E-state index contributed by atoms with van der Waals surface area (Å²) in [5.74, 6) is -1.11. The SMILES string of the molecule is C=CC(=O)C=CC(=O)OCCOC(N)=O. The third kappa shape index (κ3) is 8.23.